The van der Waals surface area contributed by atoms with E-state index in [9.17, 15) is 26.4 Å². The number of benzene rings is 2. The minimum absolute atomic E-state index is 0.0209. The Balaban J connectivity index is 1.73. The summed E-state index contributed by atoms with van der Waals surface area (Å²) >= 11 is 0. The first kappa shape index (κ1) is 19.4. The maximum Gasteiger partial charge on any atom is 0.244 e. The minimum atomic E-state index is -4.34. The fourth-order valence-electron chi connectivity index (χ4n) is 2.90. The zero-order valence-corrected chi connectivity index (χ0v) is 15.2. The van der Waals surface area contributed by atoms with E-state index in [2.05, 4.69) is 4.72 Å². The molecule has 0 aliphatic carbocycles. The van der Waals surface area contributed by atoms with Gasteiger partial charge >= 0.3 is 0 Å². The van der Waals surface area contributed by atoms with Gasteiger partial charge in [-0.25, -0.2) is 21.6 Å². The van der Waals surface area contributed by atoms with Gasteiger partial charge in [0.2, 0.25) is 15.9 Å². The van der Waals surface area contributed by atoms with Gasteiger partial charge < -0.3 is 4.90 Å². The largest absolute Gasteiger partial charge is 0.337 e. The number of carbonyl (C=O) groups excluding carboxylic acids is 1. The van der Waals surface area contributed by atoms with Crippen LogP contribution in [0.5, 0.6) is 0 Å². The Hall–Kier alpha value is -2.39. The van der Waals surface area contributed by atoms with Crippen LogP contribution in [0.2, 0.25) is 0 Å². The van der Waals surface area contributed by atoms with Crippen LogP contribution in [0, 0.1) is 24.4 Å². The van der Waals surface area contributed by atoms with E-state index in [1.165, 1.54) is 36.1 Å². The van der Waals surface area contributed by atoms with Gasteiger partial charge in [-0.2, -0.15) is 4.72 Å². The summed E-state index contributed by atoms with van der Waals surface area (Å²) < 4.78 is 67.3. The fourth-order valence-corrected chi connectivity index (χ4v) is 4.27. The van der Waals surface area contributed by atoms with Gasteiger partial charge in [-0.05, 0) is 42.7 Å². The molecule has 1 atom stereocenters. The lowest BCUT2D eigenvalue weighted by atomic mass is 10.2. The van der Waals surface area contributed by atoms with Crippen molar-refractivity contribution >= 4 is 15.9 Å². The van der Waals surface area contributed by atoms with Crippen LogP contribution in [0.25, 0.3) is 0 Å². The van der Waals surface area contributed by atoms with Crippen LogP contribution in [0.15, 0.2) is 41.3 Å². The quantitative estimate of drug-likeness (QED) is 0.842. The summed E-state index contributed by atoms with van der Waals surface area (Å²) in [5, 5.41) is 0. The van der Waals surface area contributed by atoms with Gasteiger partial charge in [-0.1, -0.05) is 12.1 Å². The molecule has 1 saturated heterocycles. The van der Waals surface area contributed by atoms with Crippen LogP contribution < -0.4 is 4.72 Å². The molecule has 1 heterocycles. The molecule has 5 nitrogen and oxygen atoms in total. The van der Waals surface area contributed by atoms with Gasteiger partial charge in [-0.15, -0.1) is 0 Å². The lowest BCUT2D eigenvalue weighted by Gasteiger charge is -2.17. The second-order valence-corrected chi connectivity index (χ2v) is 8.06. The zero-order valence-electron chi connectivity index (χ0n) is 14.4. The maximum absolute atomic E-state index is 13.9. The van der Waals surface area contributed by atoms with Crippen LogP contribution in [-0.2, 0) is 21.4 Å². The van der Waals surface area contributed by atoms with Gasteiger partial charge in [0.25, 0.3) is 0 Å². The highest BCUT2D eigenvalue weighted by Gasteiger charge is 2.35. The monoisotopic (exact) mass is 398 g/mol. The van der Waals surface area contributed by atoms with Crippen LogP contribution in [0.1, 0.15) is 17.5 Å². The molecule has 1 fully saturated rings. The number of sulfonamides is 1. The third-order valence-electron chi connectivity index (χ3n) is 4.38. The van der Waals surface area contributed by atoms with Gasteiger partial charge in [0.15, 0.2) is 0 Å². The predicted molar refractivity (Wildman–Crippen MR) is 91.6 cm³/mol. The number of carbonyl (C=O) groups is 1. The Morgan fingerprint density at radius 1 is 1.11 bits per heavy atom. The Morgan fingerprint density at radius 2 is 1.78 bits per heavy atom. The molecule has 1 aliphatic rings. The van der Waals surface area contributed by atoms with Crippen molar-refractivity contribution in [3.63, 3.8) is 0 Å². The smallest absolute Gasteiger partial charge is 0.244 e. The average Bonchev–Trinajstić information content (AvgIpc) is 2.93. The number of nitrogens with one attached hydrogen (secondary N) is 1. The van der Waals surface area contributed by atoms with Gasteiger partial charge in [-0.3, -0.25) is 4.79 Å². The number of nitrogens with zero attached hydrogens (tertiary/aromatic N) is 1. The molecule has 144 valence electrons. The molecule has 0 bridgehead atoms. The summed E-state index contributed by atoms with van der Waals surface area (Å²) in [5.74, 6) is -2.93. The van der Waals surface area contributed by atoms with Crippen molar-refractivity contribution in [1.29, 1.82) is 0 Å². The number of halogens is 3. The number of hydrogen-bond acceptors (Lipinski definition) is 3. The number of amides is 1. The molecule has 0 saturated carbocycles. The van der Waals surface area contributed by atoms with Crippen molar-refractivity contribution in [2.24, 2.45) is 0 Å². The normalized spacial score (nSPS) is 17.6. The number of aryl methyl sites for hydroxylation is 1. The molecule has 0 aromatic heterocycles. The van der Waals surface area contributed by atoms with Gasteiger partial charge in [0.1, 0.15) is 28.4 Å². The molecular formula is C18H17F3N2O3S. The van der Waals surface area contributed by atoms with Crippen LogP contribution in [0.4, 0.5) is 13.2 Å². The van der Waals surface area contributed by atoms with E-state index in [1.54, 1.807) is 0 Å². The highest BCUT2D eigenvalue weighted by Crippen LogP contribution is 2.22. The van der Waals surface area contributed by atoms with Crippen molar-refractivity contribution < 1.29 is 26.4 Å². The molecule has 1 aliphatic heterocycles. The van der Waals surface area contributed by atoms with Crippen LogP contribution in [0.3, 0.4) is 0 Å². The first-order valence-corrected chi connectivity index (χ1v) is 9.67. The third-order valence-corrected chi connectivity index (χ3v) is 5.87. The Kier molecular flexibility index (Phi) is 5.25. The molecule has 0 spiro atoms. The molecule has 2 aromatic carbocycles. The number of likely N-dealkylation sites (tertiary alicyclic amines) is 1. The fraction of sp³-hybridized carbons (Fsp3) is 0.278. The van der Waals surface area contributed by atoms with E-state index in [1.807, 2.05) is 0 Å². The molecule has 3 rings (SSSR count). The maximum atomic E-state index is 13.9. The lowest BCUT2D eigenvalue weighted by molar-refractivity contribution is -0.129. The zero-order chi connectivity index (χ0) is 19.8. The van der Waals surface area contributed by atoms with E-state index in [0.29, 0.717) is 18.2 Å². The summed E-state index contributed by atoms with van der Waals surface area (Å²) in [6.45, 7) is 1.83. The average molecular weight is 398 g/mol. The second-order valence-electron chi connectivity index (χ2n) is 6.38. The molecule has 1 N–H and O–H groups in total. The number of hydrogen-bond donors (Lipinski definition) is 1. The molecule has 0 radical (unpaired) electrons. The SMILES string of the molecule is Cc1cc(S(=O)(=O)NC2CCN(Cc3ccc(F)cc3)C2=O)c(F)cc1F. The van der Waals surface area contributed by atoms with Crippen molar-refractivity contribution in [2.75, 3.05) is 6.54 Å². The third kappa shape index (κ3) is 4.14. The topological polar surface area (TPSA) is 66.5 Å². The second kappa shape index (κ2) is 7.32. The first-order chi connectivity index (χ1) is 12.7. The van der Waals surface area contributed by atoms with E-state index in [-0.39, 0.29) is 18.5 Å². The summed E-state index contributed by atoms with van der Waals surface area (Å²) in [7, 11) is -4.34. The molecule has 9 heteroatoms. The van der Waals surface area contributed by atoms with Crippen molar-refractivity contribution in [3.05, 3.63) is 65.0 Å². The van der Waals surface area contributed by atoms with E-state index < -0.39 is 44.3 Å². The van der Waals surface area contributed by atoms with E-state index >= 15 is 0 Å². The Morgan fingerprint density at radius 3 is 2.44 bits per heavy atom. The summed E-state index contributed by atoms with van der Waals surface area (Å²) in [5.41, 5.74) is 0.681. The van der Waals surface area contributed by atoms with Crippen molar-refractivity contribution in [2.45, 2.75) is 30.8 Å². The van der Waals surface area contributed by atoms with Gasteiger partial charge in [0.05, 0.1) is 0 Å². The highest BCUT2D eigenvalue weighted by atomic mass is 32.2. The molecular weight excluding hydrogens is 381 g/mol. The Bertz CT molecular complexity index is 978. The Labute approximate surface area is 154 Å². The van der Waals surface area contributed by atoms with Crippen LogP contribution >= 0.6 is 0 Å². The minimum Gasteiger partial charge on any atom is -0.337 e. The molecule has 1 amide bonds. The first-order valence-electron chi connectivity index (χ1n) is 8.18. The highest BCUT2D eigenvalue weighted by molar-refractivity contribution is 7.89. The van der Waals surface area contributed by atoms with Crippen molar-refractivity contribution in [1.82, 2.24) is 9.62 Å². The predicted octanol–water partition coefficient (Wildman–Crippen LogP) is 2.49. The number of rotatable bonds is 5. The summed E-state index contributed by atoms with van der Waals surface area (Å²) in [6.07, 6.45) is 0.209. The van der Waals surface area contributed by atoms with Crippen LogP contribution in [-0.4, -0.2) is 31.8 Å². The summed E-state index contributed by atoms with van der Waals surface area (Å²) in [6, 6.07) is 5.98. The molecule has 1 unspecified atom stereocenters. The standard InChI is InChI=1S/C18H17F3N2O3S/c1-11-8-17(15(21)9-14(11)20)27(25,26)22-16-6-7-23(18(16)24)10-12-2-4-13(19)5-3-12/h2-5,8-9,16,22H,6-7,10H2,1H3. The van der Waals surface area contributed by atoms with Crippen molar-refractivity contribution in [3.8, 4) is 0 Å². The van der Waals surface area contributed by atoms with Gasteiger partial charge in [0, 0.05) is 19.2 Å². The van der Waals surface area contributed by atoms with E-state index in [0.717, 1.165) is 6.07 Å². The molecule has 2 aromatic rings. The summed E-state index contributed by atoms with van der Waals surface area (Å²) in [4.78, 5) is 13.2. The lowest BCUT2D eigenvalue weighted by Crippen LogP contribution is -2.41. The molecule has 27 heavy (non-hydrogen) atoms. The van der Waals surface area contributed by atoms with E-state index in [4.69, 9.17) is 0 Å².